The number of ketones is 1. The molecule has 1 aliphatic heterocycles. The minimum Gasteiger partial charge on any atom is -0.507 e. The predicted molar refractivity (Wildman–Crippen MR) is 153 cm³/mol. The van der Waals surface area contributed by atoms with E-state index in [1.54, 1.807) is 25.3 Å². The summed E-state index contributed by atoms with van der Waals surface area (Å²) in [5, 5.41) is 11.5. The maximum atomic E-state index is 13.5. The molecule has 0 aliphatic carbocycles. The number of carbonyl (C=O) groups excluding carboxylic acids is 2. The number of aryl methyl sites for hydroxylation is 1. The molecule has 0 saturated carbocycles. The van der Waals surface area contributed by atoms with Crippen molar-refractivity contribution in [3.63, 3.8) is 0 Å². The molecule has 1 aliphatic rings. The third kappa shape index (κ3) is 4.98. The maximum absolute atomic E-state index is 13.5. The molecule has 1 N–H and O–H groups in total. The summed E-state index contributed by atoms with van der Waals surface area (Å²) in [6, 6.07) is 20.1. The van der Waals surface area contributed by atoms with E-state index in [9.17, 15) is 14.7 Å². The van der Waals surface area contributed by atoms with E-state index in [0.29, 0.717) is 17.0 Å². The van der Waals surface area contributed by atoms with Gasteiger partial charge in [-0.15, -0.1) is 0 Å². The number of methoxy groups -OCH3 is 1. The van der Waals surface area contributed by atoms with Crippen molar-refractivity contribution in [3.05, 3.63) is 100 Å². The molecule has 0 aromatic heterocycles. The van der Waals surface area contributed by atoms with E-state index in [0.717, 1.165) is 22.3 Å². The second kappa shape index (κ2) is 9.79. The number of nitrogens with zero attached hydrogens (tertiary/aromatic N) is 1. The van der Waals surface area contributed by atoms with Crippen molar-refractivity contribution in [2.24, 2.45) is 0 Å². The Labute approximate surface area is 225 Å². The number of carbonyl (C=O) groups is 2. The van der Waals surface area contributed by atoms with Crippen LogP contribution in [-0.2, 0) is 20.4 Å². The Morgan fingerprint density at radius 1 is 0.816 bits per heavy atom. The molecule has 198 valence electrons. The van der Waals surface area contributed by atoms with Crippen molar-refractivity contribution in [2.45, 2.75) is 65.3 Å². The predicted octanol–water partition coefficient (Wildman–Crippen LogP) is 7.22. The molecule has 5 heteroatoms. The lowest BCUT2D eigenvalue weighted by atomic mass is 9.85. The number of ether oxygens (including phenoxy) is 1. The largest absolute Gasteiger partial charge is 0.507 e. The first-order chi connectivity index (χ1) is 17.7. The zero-order valence-electron chi connectivity index (χ0n) is 23.5. The Kier molecular flexibility index (Phi) is 7.00. The summed E-state index contributed by atoms with van der Waals surface area (Å²) in [5.41, 5.74) is 4.86. The number of rotatable bonds is 4. The second-order valence-corrected chi connectivity index (χ2v) is 12.0. The summed E-state index contributed by atoms with van der Waals surface area (Å²) < 4.78 is 5.35. The van der Waals surface area contributed by atoms with Crippen LogP contribution < -0.4 is 9.64 Å². The van der Waals surface area contributed by atoms with E-state index in [1.165, 1.54) is 4.90 Å². The molecule has 5 nitrogen and oxygen atoms in total. The Balaban J connectivity index is 1.91. The first-order valence-electron chi connectivity index (χ1n) is 12.9. The van der Waals surface area contributed by atoms with Gasteiger partial charge >= 0.3 is 0 Å². The first kappa shape index (κ1) is 27.2. The van der Waals surface area contributed by atoms with Gasteiger partial charge in [0.25, 0.3) is 11.7 Å². The van der Waals surface area contributed by atoms with Gasteiger partial charge in [0.05, 0.1) is 18.7 Å². The Morgan fingerprint density at radius 2 is 1.34 bits per heavy atom. The fraction of sp³-hybridized carbons (Fsp3) is 0.333. The van der Waals surface area contributed by atoms with Gasteiger partial charge in [0.15, 0.2) is 0 Å². The number of hydrogen-bond acceptors (Lipinski definition) is 4. The first-order valence-corrected chi connectivity index (χ1v) is 12.9. The summed E-state index contributed by atoms with van der Waals surface area (Å²) >= 11 is 0. The van der Waals surface area contributed by atoms with Crippen LogP contribution in [0.2, 0.25) is 0 Å². The second-order valence-electron chi connectivity index (χ2n) is 12.0. The van der Waals surface area contributed by atoms with E-state index in [2.05, 4.69) is 41.5 Å². The van der Waals surface area contributed by atoms with Crippen LogP contribution in [0.15, 0.2) is 72.3 Å². The molecular formula is C33H37NO4. The highest BCUT2D eigenvalue weighted by Gasteiger charge is 2.47. The standard InChI is InChI=1S/C33H37NO4/c1-20-19-22(11-18-26(20)38-8)29(35)27-28(21-9-12-23(13-10-21)32(2,3)4)34(31(37)30(27)36)25-16-14-24(15-17-25)33(5,6)7/h9-19,28,35H,1-8H3/b29-27-. The van der Waals surface area contributed by atoms with Crippen molar-refractivity contribution in [2.75, 3.05) is 12.0 Å². The average Bonchev–Trinajstić information content (AvgIpc) is 3.13. The summed E-state index contributed by atoms with van der Waals surface area (Å²) in [5.74, 6) is -0.894. The van der Waals surface area contributed by atoms with Gasteiger partial charge < -0.3 is 9.84 Å². The summed E-state index contributed by atoms with van der Waals surface area (Å²) in [6.45, 7) is 14.7. The van der Waals surface area contributed by atoms with Gasteiger partial charge in [0.1, 0.15) is 11.5 Å². The fourth-order valence-corrected chi connectivity index (χ4v) is 4.88. The highest BCUT2D eigenvalue weighted by molar-refractivity contribution is 6.51. The molecule has 1 fully saturated rings. The van der Waals surface area contributed by atoms with E-state index >= 15 is 0 Å². The van der Waals surface area contributed by atoms with Crippen molar-refractivity contribution in [3.8, 4) is 5.75 Å². The van der Waals surface area contributed by atoms with Gasteiger partial charge in [-0.1, -0.05) is 77.9 Å². The van der Waals surface area contributed by atoms with Gasteiger partial charge in [-0.25, -0.2) is 0 Å². The van der Waals surface area contributed by atoms with Crippen LogP contribution in [0.25, 0.3) is 5.76 Å². The van der Waals surface area contributed by atoms with E-state index in [-0.39, 0.29) is 22.2 Å². The average molecular weight is 512 g/mol. The van der Waals surface area contributed by atoms with Gasteiger partial charge in [-0.3, -0.25) is 14.5 Å². The number of aliphatic hydroxyl groups is 1. The van der Waals surface area contributed by atoms with Gasteiger partial charge in [0.2, 0.25) is 0 Å². The van der Waals surface area contributed by atoms with Crippen LogP contribution in [0.4, 0.5) is 5.69 Å². The number of anilines is 1. The molecule has 3 aromatic rings. The van der Waals surface area contributed by atoms with Crippen molar-refractivity contribution >= 4 is 23.1 Å². The number of amides is 1. The lowest BCUT2D eigenvalue weighted by Gasteiger charge is -2.27. The molecule has 0 bridgehead atoms. The van der Waals surface area contributed by atoms with Crippen LogP contribution in [-0.4, -0.2) is 23.9 Å². The van der Waals surface area contributed by atoms with Crippen molar-refractivity contribution < 1.29 is 19.4 Å². The number of aliphatic hydroxyl groups excluding tert-OH is 1. The normalized spacial score (nSPS) is 17.7. The van der Waals surface area contributed by atoms with Gasteiger partial charge in [0, 0.05) is 11.3 Å². The van der Waals surface area contributed by atoms with Gasteiger partial charge in [-0.05, 0) is 70.3 Å². The van der Waals surface area contributed by atoms with Gasteiger partial charge in [-0.2, -0.15) is 0 Å². The zero-order chi connectivity index (χ0) is 28.0. The quantitative estimate of drug-likeness (QED) is 0.228. The molecular weight excluding hydrogens is 474 g/mol. The molecule has 38 heavy (non-hydrogen) atoms. The van der Waals surface area contributed by atoms with Crippen LogP contribution in [0.3, 0.4) is 0 Å². The maximum Gasteiger partial charge on any atom is 0.300 e. The highest BCUT2D eigenvalue weighted by Crippen LogP contribution is 2.43. The molecule has 4 rings (SSSR count). The summed E-state index contributed by atoms with van der Waals surface area (Å²) in [6.07, 6.45) is 0. The van der Waals surface area contributed by atoms with E-state index < -0.39 is 17.7 Å². The van der Waals surface area contributed by atoms with Crippen LogP contribution in [0, 0.1) is 6.92 Å². The summed E-state index contributed by atoms with van der Waals surface area (Å²) in [7, 11) is 1.58. The highest BCUT2D eigenvalue weighted by atomic mass is 16.5. The SMILES string of the molecule is COc1ccc(/C(O)=C2/C(=O)C(=O)N(c3ccc(C(C)(C)C)cc3)C2c2ccc(C(C)(C)C)cc2)cc1C. The minimum atomic E-state index is -0.771. The number of Topliss-reactive ketones (excluding diaryl/α,β-unsaturated/α-hetero) is 1. The zero-order valence-corrected chi connectivity index (χ0v) is 23.5. The van der Waals surface area contributed by atoms with Crippen LogP contribution >= 0.6 is 0 Å². The topological polar surface area (TPSA) is 66.8 Å². The molecule has 3 aromatic carbocycles. The number of hydrogen-bond donors (Lipinski definition) is 1. The minimum absolute atomic E-state index is 0.0518. The van der Waals surface area contributed by atoms with Crippen molar-refractivity contribution in [1.82, 2.24) is 0 Å². The summed E-state index contributed by atoms with van der Waals surface area (Å²) in [4.78, 5) is 28.5. The van der Waals surface area contributed by atoms with E-state index in [1.807, 2.05) is 55.5 Å². The van der Waals surface area contributed by atoms with Crippen LogP contribution in [0.1, 0.15) is 75.4 Å². The number of benzene rings is 3. The Bertz CT molecular complexity index is 1400. The third-order valence-corrected chi connectivity index (χ3v) is 7.22. The smallest absolute Gasteiger partial charge is 0.300 e. The van der Waals surface area contributed by atoms with E-state index in [4.69, 9.17) is 4.74 Å². The lowest BCUT2D eigenvalue weighted by Crippen LogP contribution is -2.29. The third-order valence-electron chi connectivity index (χ3n) is 7.22. The monoisotopic (exact) mass is 511 g/mol. The molecule has 0 radical (unpaired) electrons. The molecule has 1 amide bonds. The van der Waals surface area contributed by atoms with Crippen molar-refractivity contribution in [1.29, 1.82) is 0 Å². The molecule has 0 spiro atoms. The molecule has 1 heterocycles. The molecule has 1 atom stereocenters. The fourth-order valence-electron chi connectivity index (χ4n) is 4.88. The lowest BCUT2D eigenvalue weighted by molar-refractivity contribution is -0.132. The molecule has 1 unspecified atom stereocenters. The Morgan fingerprint density at radius 3 is 1.82 bits per heavy atom. The van der Waals surface area contributed by atoms with Crippen LogP contribution in [0.5, 0.6) is 5.75 Å². The Hall–Kier alpha value is -3.86. The molecule has 1 saturated heterocycles.